The van der Waals surface area contributed by atoms with Crippen molar-refractivity contribution >= 4 is 37.4 Å². The number of anilines is 2. The normalized spacial score (nSPS) is 29.2. The fourth-order valence-electron chi connectivity index (χ4n) is 8.14. The Morgan fingerprint density at radius 1 is 1.22 bits per heavy atom. The van der Waals surface area contributed by atoms with Crippen LogP contribution in [0.2, 0.25) is 18.6 Å². The van der Waals surface area contributed by atoms with Crippen molar-refractivity contribution in [2.24, 2.45) is 5.92 Å². The molecule has 4 aliphatic heterocycles. The molecule has 0 unspecified atom stereocenters. The standard InChI is InChI=1S/C34H44N4O6Si/c1-5-15-37-28-13-12-24(36-32(41)27-11-8-14-35-27)17-26(28)34(33(37)42)21(2)31(45(3,4)43)29(44-34)18-30(40)38-19-23-10-7-6-9-22(23)16-25(38)20-39/h5-7,9-10,12-13,17,21,25,27,29,31,35,39,43H,1,8,11,14-16,18-20H2,2-4H3,(H,36,41)/t21-,25-,27+,29+,31-,34+/m0/s1. The second-order valence-corrected chi connectivity index (χ2v) is 17.4. The first-order valence-corrected chi connectivity index (χ1v) is 19.0. The molecule has 0 aliphatic carbocycles. The topological polar surface area (TPSA) is 131 Å². The molecule has 2 aromatic rings. The number of nitrogens with zero attached hydrogens (tertiary/aromatic N) is 2. The van der Waals surface area contributed by atoms with E-state index in [1.165, 1.54) is 0 Å². The fourth-order valence-corrected chi connectivity index (χ4v) is 10.7. The highest BCUT2D eigenvalue weighted by atomic mass is 28.4. The van der Waals surface area contributed by atoms with E-state index in [4.69, 9.17) is 4.74 Å². The molecule has 6 rings (SSSR count). The summed E-state index contributed by atoms with van der Waals surface area (Å²) in [6.07, 6.45) is 3.17. The summed E-state index contributed by atoms with van der Waals surface area (Å²) in [5.74, 6) is -1.02. The minimum Gasteiger partial charge on any atom is -0.432 e. The van der Waals surface area contributed by atoms with Gasteiger partial charge in [0.15, 0.2) is 13.9 Å². The van der Waals surface area contributed by atoms with E-state index >= 15 is 0 Å². The van der Waals surface area contributed by atoms with Crippen molar-refractivity contribution in [3.8, 4) is 0 Å². The number of hydrogen-bond acceptors (Lipinski definition) is 7. The van der Waals surface area contributed by atoms with E-state index in [9.17, 15) is 24.3 Å². The average Bonchev–Trinajstić information content (AvgIpc) is 3.70. The second-order valence-electron chi connectivity index (χ2n) is 13.5. The van der Waals surface area contributed by atoms with Gasteiger partial charge in [-0.15, -0.1) is 6.58 Å². The number of ether oxygens (including phenoxy) is 1. The molecule has 2 saturated heterocycles. The van der Waals surface area contributed by atoms with Crippen molar-refractivity contribution in [3.05, 3.63) is 71.8 Å². The van der Waals surface area contributed by atoms with E-state index in [1.807, 2.05) is 56.4 Å². The highest BCUT2D eigenvalue weighted by Gasteiger charge is 2.66. The van der Waals surface area contributed by atoms with Crippen LogP contribution in [0.3, 0.4) is 0 Å². The van der Waals surface area contributed by atoms with Gasteiger partial charge in [-0.05, 0) is 68.2 Å². The highest BCUT2D eigenvalue weighted by molar-refractivity contribution is 6.71. The molecular formula is C34H44N4O6Si. The van der Waals surface area contributed by atoms with Gasteiger partial charge < -0.3 is 35.1 Å². The maximum atomic E-state index is 14.4. The van der Waals surface area contributed by atoms with Crippen molar-refractivity contribution in [2.75, 3.05) is 29.9 Å². The summed E-state index contributed by atoms with van der Waals surface area (Å²) in [5.41, 5.74) is 2.13. The van der Waals surface area contributed by atoms with Crippen LogP contribution in [0.25, 0.3) is 0 Å². The SMILES string of the molecule is C=CCN1C(=O)[C@]2(O[C@H](CC(=O)N3Cc4ccccc4C[C@H]3CO)[C@@H]([Si](C)(C)O)[C@@H]2C)c2cc(NC(=O)[C@H]3CCCN3)ccc21. The van der Waals surface area contributed by atoms with Gasteiger partial charge in [0.1, 0.15) is 0 Å². The van der Waals surface area contributed by atoms with E-state index in [2.05, 4.69) is 17.2 Å². The van der Waals surface area contributed by atoms with Crippen molar-refractivity contribution < 1.29 is 29.0 Å². The lowest BCUT2D eigenvalue weighted by Gasteiger charge is -2.37. The summed E-state index contributed by atoms with van der Waals surface area (Å²) >= 11 is 0. The molecule has 0 bridgehead atoms. The molecule has 10 nitrogen and oxygen atoms in total. The van der Waals surface area contributed by atoms with Crippen molar-refractivity contribution in [1.82, 2.24) is 10.2 Å². The lowest BCUT2D eigenvalue weighted by atomic mass is 9.82. The number of fused-ring (bicyclic) bond motifs is 3. The Bertz CT molecular complexity index is 1500. The molecule has 2 aromatic carbocycles. The second kappa shape index (κ2) is 12.1. The van der Waals surface area contributed by atoms with Crippen LogP contribution < -0.4 is 15.5 Å². The smallest absolute Gasteiger partial charge is 0.264 e. The molecule has 11 heteroatoms. The van der Waals surface area contributed by atoms with Gasteiger partial charge in [0.25, 0.3) is 5.91 Å². The largest absolute Gasteiger partial charge is 0.432 e. The van der Waals surface area contributed by atoms with Crippen LogP contribution in [-0.4, -0.2) is 78.7 Å². The molecule has 0 radical (unpaired) electrons. The number of carbonyl (C=O) groups is 3. The molecule has 4 N–H and O–H groups in total. The van der Waals surface area contributed by atoms with Gasteiger partial charge in [-0.25, -0.2) is 0 Å². The Morgan fingerprint density at radius 3 is 2.64 bits per heavy atom. The summed E-state index contributed by atoms with van der Waals surface area (Å²) in [7, 11) is -3.01. The van der Waals surface area contributed by atoms with Gasteiger partial charge in [0, 0.05) is 35.8 Å². The van der Waals surface area contributed by atoms with Gasteiger partial charge >= 0.3 is 0 Å². The number of amides is 3. The van der Waals surface area contributed by atoms with E-state index in [0.717, 1.165) is 30.5 Å². The minimum atomic E-state index is -3.01. The van der Waals surface area contributed by atoms with Crippen molar-refractivity contribution in [2.45, 2.75) is 81.6 Å². The third-order valence-corrected chi connectivity index (χ3v) is 12.7. The number of rotatable bonds is 8. The Labute approximate surface area is 265 Å². The maximum Gasteiger partial charge on any atom is 0.264 e. The molecule has 1 spiro atoms. The number of nitrogens with one attached hydrogen (secondary N) is 2. The van der Waals surface area contributed by atoms with E-state index in [1.54, 1.807) is 21.9 Å². The Kier molecular flexibility index (Phi) is 8.51. The quantitative estimate of drug-likeness (QED) is 0.260. The van der Waals surface area contributed by atoms with Gasteiger partial charge in [-0.3, -0.25) is 14.4 Å². The number of aliphatic hydroxyl groups excluding tert-OH is 1. The number of hydrogen-bond donors (Lipinski definition) is 4. The zero-order valence-corrected chi connectivity index (χ0v) is 27.3. The van der Waals surface area contributed by atoms with Crippen LogP contribution in [0, 0.1) is 5.92 Å². The van der Waals surface area contributed by atoms with Crippen molar-refractivity contribution in [1.29, 1.82) is 0 Å². The van der Waals surface area contributed by atoms with Crippen molar-refractivity contribution in [3.63, 3.8) is 0 Å². The van der Waals surface area contributed by atoms with E-state index in [0.29, 0.717) is 29.9 Å². The lowest BCUT2D eigenvalue weighted by molar-refractivity contribution is -0.150. The Hall–Kier alpha value is -3.35. The van der Waals surface area contributed by atoms with Gasteiger partial charge in [-0.1, -0.05) is 37.3 Å². The van der Waals surface area contributed by atoms with Crippen LogP contribution in [0.5, 0.6) is 0 Å². The zero-order valence-electron chi connectivity index (χ0n) is 26.3. The number of aliphatic hydroxyl groups is 1. The molecule has 0 saturated carbocycles. The third-order valence-electron chi connectivity index (χ3n) is 10.2. The predicted octanol–water partition coefficient (Wildman–Crippen LogP) is 3.04. The number of benzene rings is 2. The van der Waals surface area contributed by atoms with Crippen LogP contribution in [0.1, 0.15) is 42.9 Å². The highest BCUT2D eigenvalue weighted by Crippen LogP contribution is 2.60. The molecular weight excluding hydrogens is 588 g/mol. The molecule has 6 atom stereocenters. The molecule has 0 aromatic heterocycles. The summed E-state index contributed by atoms with van der Waals surface area (Å²) in [6.45, 7) is 10.7. The van der Waals surface area contributed by atoms with Gasteiger partial charge in [0.05, 0.1) is 36.9 Å². The van der Waals surface area contributed by atoms with Crippen LogP contribution in [0.4, 0.5) is 11.4 Å². The lowest BCUT2D eigenvalue weighted by Crippen LogP contribution is -2.48. The Morgan fingerprint density at radius 2 is 1.98 bits per heavy atom. The first kappa shape index (κ1) is 31.6. The third kappa shape index (κ3) is 5.44. The molecule has 4 aliphatic rings. The fraction of sp³-hybridized carbons (Fsp3) is 0.500. The summed E-state index contributed by atoms with van der Waals surface area (Å²) in [4.78, 5) is 56.4. The first-order chi connectivity index (χ1) is 21.5. The monoisotopic (exact) mass is 632 g/mol. The molecule has 3 amide bonds. The predicted molar refractivity (Wildman–Crippen MR) is 174 cm³/mol. The first-order valence-electron chi connectivity index (χ1n) is 16.0. The van der Waals surface area contributed by atoms with E-state index in [-0.39, 0.29) is 49.4 Å². The zero-order chi connectivity index (χ0) is 32.1. The average molecular weight is 633 g/mol. The molecule has 45 heavy (non-hydrogen) atoms. The molecule has 4 heterocycles. The Balaban J connectivity index is 1.34. The summed E-state index contributed by atoms with van der Waals surface area (Å²) < 4.78 is 6.85. The summed E-state index contributed by atoms with van der Waals surface area (Å²) in [6, 6.07) is 12.7. The van der Waals surface area contributed by atoms with Gasteiger partial charge in [-0.2, -0.15) is 0 Å². The van der Waals surface area contributed by atoms with Crippen LogP contribution in [-0.2, 0) is 37.7 Å². The van der Waals surface area contributed by atoms with Gasteiger partial charge in [0.2, 0.25) is 11.8 Å². The van der Waals surface area contributed by atoms with Crippen LogP contribution >= 0.6 is 0 Å². The minimum absolute atomic E-state index is 0.0275. The molecule has 240 valence electrons. The van der Waals surface area contributed by atoms with E-state index < -0.39 is 31.5 Å². The maximum absolute atomic E-state index is 14.4. The number of carbonyl (C=O) groups excluding carboxylic acids is 3. The molecule has 2 fully saturated rings. The summed E-state index contributed by atoms with van der Waals surface area (Å²) in [5, 5.41) is 16.4. The van der Waals surface area contributed by atoms with Crippen LogP contribution in [0.15, 0.2) is 55.1 Å².